The quantitative estimate of drug-likeness (QED) is 0.802. The van der Waals surface area contributed by atoms with Crippen molar-refractivity contribution in [1.82, 2.24) is 0 Å². The van der Waals surface area contributed by atoms with E-state index in [0.29, 0.717) is 0 Å². The van der Waals surface area contributed by atoms with Crippen molar-refractivity contribution < 1.29 is 4.74 Å². The normalized spacial score (nSPS) is 24.7. The molecule has 15 heavy (non-hydrogen) atoms. The van der Waals surface area contributed by atoms with Crippen LogP contribution in [0.4, 0.5) is 0 Å². The maximum atomic E-state index is 6.11. The fourth-order valence-electron chi connectivity index (χ4n) is 2.21. The van der Waals surface area contributed by atoms with Crippen LogP contribution in [0.1, 0.15) is 38.5 Å². The van der Waals surface area contributed by atoms with Crippen LogP contribution in [0.25, 0.3) is 0 Å². The summed E-state index contributed by atoms with van der Waals surface area (Å²) in [5.74, 6) is 2.06. The lowest BCUT2D eigenvalue weighted by molar-refractivity contribution is 0.179. The van der Waals surface area contributed by atoms with Crippen molar-refractivity contribution >= 4 is 11.8 Å². The molecule has 1 unspecified atom stereocenters. The molecule has 0 aromatic rings. The third-order valence-corrected chi connectivity index (χ3v) is 4.64. The van der Waals surface area contributed by atoms with Gasteiger partial charge in [0.15, 0.2) is 0 Å². The Labute approximate surface area is 96.6 Å². The Morgan fingerprint density at radius 3 is 2.87 bits per heavy atom. The largest absolute Gasteiger partial charge is 0.497 e. The zero-order valence-electron chi connectivity index (χ0n) is 9.28. The second-order valence-electron chi connectivity index (χ2n) is 4.44. The van der Waals surface area contributed by atoms with Gasteiger partial charge >= 0.3 is 0 Å². The SMILES string of the molecule is NC(CSC1CCCC1)C1=CCCCO1. The van der Waals surface area contributed by atoms with Gasteiger partial charge in [-0.15, -0.1) is 0 Å². The minimum Gasteiger partial charge on any atom is -0.497 e. The number of hydrogen-bond donors (Lipinski definition) is 1. The van der Waals surface area contributed by atoms with Crippen LogP contribution in [0.5, 0.6) is 0 Å². The standard InChI is InChI=1S/C12H21NOS/c13-11(12-7-3-4-8-14-12)9-15-10-5-1-2-6-10/h7,10-11H,1-6,8-9,13H2. The van der Waals surface area contributed by atoms with E-state index in [4.69, 9.17) is 10.5 Å². The van der Waals surface area contributed by atoms with Crippen LogP contribution >= 0.6 is 11.8 Å². The molecule has 1 fully saturated rings. The maximum Gasteiger partial charge on any atom is 0.110 e. The molecule has 0 amide bonds. The zero-order chi connectivity index (χ0) is 10.5. The van der Waals surface area contributed by atoms with Crippen LogP contribution in [0.15, 0.2) is 11.8 Å². The molecule has 0 saturated heterocycles. The number of thioether (sulfide) groups is 1. The van der Waals surface area contributed by atoms with Gasteiger partial charge in [-0.2, -0.15) is 11.8 Å². The van der Waals surface area contributed by atoms with Crippen LogP contribution in [0.2, 0.25) is 0 Å². The highest BCUT2D eigenvalue weighted by Gasteiger charge is 2.19. The summed E-state index contributed by atoms with van der Waals surface area (Å²) in [4.78, 5) is 0. The minimum absolute atomic E-state index is 0.121. The van der Waals surface area contributed by atoms with Crippen LogP contribution in [-0.2, 0) is 4.74 Å². The first-order chi connectivity index (χ1) is 7.36. The molecule has 1 aliphatic heterocycles. The minimum atomic E-state index is 0.121. The first kappa shape index (κ1) is 11.3. The fourth-order valence-corrected chi connectivity index (χ4v) is 3.52. The molecule has 3 heteroatoms. The molecule has 1 atom stereocenters. The topological polar surface area (TPSA) is 35.2 Å². The van der Waals surface area contributed by atoms with E-state index in [1.54, 1.807) is 0 Å². The average Bonchev–Trinajstić information content (AvgIpc) is 2.80. The van der Waals surface area contributed by atoms with Gasteiger partial charge in [-0.25, -0.2) is 0 Å². The number of nitrogens with two attached hydrogens (primary N) is 1. The smallest absolute Gasteiger partial charge is 0.110 e. The van der Waals surface area contributed by atoms with Crippen LogP contribution < -0.4 is 5.73 Å². The third kappa shape index (κ3) is 3.42. The monoisotopic (exact) mass is 227 g/mol. The van der Waals surface area contributed by atoms with Crippen molar-refractivity contribution in [3.8, 4) is 0 Å². The van der Waals surface area contributed by atoms with Gasteiger partial charge in [0.05, 0.1) is 12.6 Å². The molecule has 86 valence electrons. The third-order valence-electron chi connectivity index (χ3n) is 3.14. The van der Waals surface area contributed by atoms with Gasteiger partial charge in [-0.05, 0) is 31.8 Å². The van der Waals surface area contributed by atoms with E-state index in [1.165, 1.54) is 25.7 Å². The highest BCUT2D eigenvalue weighted by atomic mass is 32.2. The summed E-state index contributed by atoms with van der Waals surface area (Å²) in [6, 6.07) is 0.121. The zero-order valence-corrected chi connectivity index (χ0v) is 10.1. The summed E-state index contributed by atoms with van der Waals surface area (Å²) in [5, 5.41) is 0.861. The van der Waals surface area contributed by atoms with Crippen molar-refractivity contribution in [2.75, 3.05) is 12.4 Å². The molecular formula is C12H21NOS. The van der Waals surface area contributed by atoms with Crippen molar-refractivity contribution in [2.45, 2.75) is 49.8 Å². The molecule has 2 nitrogen and oxygen atoms in total. The maximum absolute atomic E-state index is 6.11. The Kier molecular flexibility index (Phi) is 4.39. The van der Waals surface area contributed by atoms with E-state index in [1.807, 2.05) is 11.8 Å². The van der Waals surface area contributed by atoms with Crippen LogP contribution in [0.3, 0.4) is 0 Å². The number of allylic oxidation sites excluding steroid dienone is 1. The van der Waals surface area contributed by atoms with Gasteiger partial charge in [0.25, 0.3) is 0 Å². The lowest BCUT2D eigenvalue weighted by Gasteiger charge is -2.21. The molecular weight excluding hydrogens is 206 g/mol. The fraction of sp³-hybridized carbons (Fsp3) is 0.833. The summed E-state index contributed by atoms with van der Waals surface area (Å²) in [6.07, 6.45) is 10.0. The molecule has 0 aromatic heterocycles. The molecule has 1 heterocycles. The summed E-state index contributed by atoms with van der Waals surface area (Å²) in [6.45, 7) is 0.855. The second-order valence-corrected chi connectivity index (χ2v) is 5.78. The second kappa shape index (κ2) is 5.80. The van der Waals surface area contributed by atoms with E-state index in [9.17, 15) is 0 Å². The molecule has 2 N–H and O–H groups in total. The predicted octanol–water partition coefficient (Wildman–Crippen LogP) is 2.68. The first-order valence-electron chi connectivity index (χ1n) is 6.06. The highest BCUT2D eigenvalue weighted by Crippen LogP contribution is 2.30. The molecule has 2 aliphatic rings. The Morgan fingerprint density at radius 2 is 2.20 bits per heavy atom. The van der Waals surface area contributed by atoms with Crippen molar-refractivity contribution in [1.29, 1.82) is 0 Å². The van der Waals surface area contributed by atoms with E-state index < -0.39 is 0 Å². The van der Waals surface area contributed by atoms with E-state index >= 15 is 0 Å². The number of hydrogen-bond acceptors (Lipinski definition) is 3. The van der Waals surface area contributed by atoms with Crippen molar-refractivity contribution in [3.05, 3.63) is 11.8 Å². The van der Waals surface area contributed by atoms with Gasteiger partial charge < -0.3 is 10.5 Å². The van der Waals surface area contributed by atoms with Gasteiger partial charge in [0.1, 0.15) is 5.76 Å². The molecule has 2 rings (SSSR count). The number of ether oxygens (including phenoxy) is 1. The molecule has 0 radical (unpaired) electrons. The van der Waals surface area contributed by atoms with Gasteiger partial charge in [0, 0.05) is 11.0 Å². The summed E-state index contributed by atoms with van der Waals surface area (Å²) < 4.78 is 5.58. The Bertz CT molecular complexity index is 224. The van der Waals surface area contributed by atoms with Gasteiger partial charge in [-0.3, -0.25) is 0 Å². The Hall–Kier alpha value is -0.150. The average molecular weight is 227 g/mol. The number of rotatable bonds is 4. The van der Waals surface area contributed by atoms with E-state index in [2.05, 4.69) is 6.08 Å². The molecule has 0 aromatic carbocycles. The Balaban J connectivity index is 1.71. The highest BCUT2D eigenvalue weighted by molar-refractivity contribution is 7.99. The van der Waals surface area contributed by atoms with Crippen molar-refractivity contribution in [3.63, 3.8) is 0 Å². The predicted molar refractivity (Wildman–Crippen MR) is 66.0 cm³/mol. The van der Waals surface area contributed by atoms with Crippen LogP contribution in [-0.4, -0.2) is 23.7 Å². The first-order valence-corrected chi connectivity index (χ1v) is 7.11. The van der Waals surface area contributed by atoms with E-state index in [0.717, 1.165) is 36.2 Å². The lowest BCUT2D eigenvalue weighted by atomic mass is 10.2. The van der Waals surface area contributed by atoms with Gasteiger partial charge in [0.2, 0.25) is 0 Å². The molecule has 0 bridgehead atoms. The Morgan fingerprint density at radius 1 is 1.40 bits per heavy atom. The van der Waals surface area contributed by atoms with Crippen molar-refractivity contribution in [2.24, 2.45) is 5.73 Å². The summed E-state index contributed by atoms with van der Waals surface area (Å²) >= 11 is 2.04. The van der Waals surface area contributed by atoms with Gasteiger partial charge in [-0.1, -0.05) is 12.8 Å². The summed E-state index contributed by atoms with van der Waals surface area (Å²) in [5.41, 5.74) is 6.11. The molecule has 1 aliphatic carbocycles. The van der Waals surface area contributed by atoms with E-state index in [-0.39, 0.29) is 6.04 Å². The molecule has 0 spiro atoms. The van der Waals surface area contributed by atoms with Crippen LogP contribution in [0, 0.1) is 0 Å². The molecule has 1 saturated carbocycles. The summed E-state index contributed by atoms with van der Waals surface area (Å²) in [7, 11) is 0. The lowest BCUT2D eigenvalue weighted by Crippen LogP contribution is -2.29.